The van der Waals surface area contributed by atoms with Gasteiger partial charge in [-0.1, -0.05) is 32.8 Å². The summed E-state index contributed by atoms with van der Waals surface area (Å²) in [6.07, 6.45) is 6.04. The van der Waals surface area contributed by atoms with Gasteiger partial charge < -0.3 is 0 Å². The summed E-state index contributed by atoms with van der Waals surface area (Å²) in [4.78, 5) is 16.9. The van der Waals surface area contributed by atoms with Crippen LogP contribution in [0, 0.1) is 11.3 Å². The number of hydrazine groups is 1. The first-order valence-corrected chi connectivity index (χ1v) is 7.99. The maximum absolute atomic E-state index is 12.6. The average Bonchev–Trinajstić information content (AvgIpc) is 2.52. The highest BCUT2D eigenvalue weighted by Crippen LogP contribution is 2.39. The van der Waals surface area contributed by atoms with Crippen molar-refractivity contribution in [3.63, 3.8) is 0 Å². The van der Waals surface area contributed by atoms with Crippen molar-refractivity contribution in [1.29, 1.82) is 0 Å². The van der Waals surface area contributed by atoms with Crippen LogP contribution in [0.1, 0.15) is 39.5 Å². The van der Waals surface area contributed by atoms with Gasteiger partial charge in [0.05, 0.1) is 11.2 Å². The first-order valence-electron chi connectivity index (χ1n) is 7.99. The number of carbonyl (C=O) groups is 1. The molecular formula is C18H23N3O. The van der Waals surface area contributed by atoms with E-state index in [0.29, 0.717) is 5.92 Å². The molecule has 116 valence electrons. The lowest BCUT2D eigenvalue weighted by Gasteiger charge is -2.35. The Bertz CT molecular complexity index is 680. The van der Waals surface area contributed by atoms with Crippen LogP contribution in [0.2, 0.25) is 0 Å². The predicted molar refractivity (Wildman–Crippen MR) is 89.2 cm³/mol. The number of fused-ring (bicyclic) bond motifs is 1. The Morgan fingerprint density at radius 1 is 1.32 bits per heavy atom. The van der Waals surface area contributed by atoms with Crippen molar-refractivity contribution in [2.75, 3.05) is 5.43 Å². The second kappa shape index (κ2) is 5.95. The molecule has 22 heavy (non-hydrogen) atoms. The molecule has 2 atom stereocenters. The molecule has 2 unspecified atom stereocenters. The number of anilines is 1. The molecule has 1 amide bonds. The van der Waals surface area contributed by atoms with Crippen molar-refractivity contribution in [2.45, 2.75) is 39.5 Å². The Morgan fingerprint density at radius 2 is 2.18 bits per heavy atom. The van der Waals surface area contributed by atoms with Gasteiger partial charge >= 0.3 is 0 Å². The Kier molecular flexibility index (Phi) is 4.01. The summed E-state index contributed by atoms with van der Waals surface area (Å²) in [5, 5.41) is 1.01. The molecule has 0 aliphatic heterocycles. The molecule has 3 rings (SSSR count). The number of carbonyl (C=O) groups excluding carboxylic acids is 1. The lowest BCUT2D eigenvalue weighted by Crippen LogP contribution is -2.44. The number of amides is 1. The van der Waals surface area contributed by atoms with Crippen LogP contribution in [0.25, 0.3) is 10.9 Å². The number of pyridine rings is 1. The SMILES string of the molecule is CC1CCCC(C)(C(=O)NNc2cccc3ncccc23)C1. The summed E-state index contributed by atoms with van der Waals surface area (Å²) < 4.78 is 0. The summed E-state index contributed by atoms with van der Waals surface area (Å²) in [7, 11) is 0. The fourth-order valence-electron chi connectivity index (χ4n) is 3.51. The lowest BCUT2D eigenvalue weighted by atomic mass is 9.71. The highest BCUT2D eigenvalue weighted by molar-refractivity contribution is 5.92. The van der Waals surface area contributed by atoms with Gasteiger partial charge in [-0.05, 0) is 43.0 Å². The van der Waals surface area contributed by atoms with E-state index in [-0.39, 0.29) is 11.3 Å². The van der Waals surface area contributed by atoms with Gasteiger partial charge in [0.1, 0.15) is 0 Å². The molecule has 2 aromatic rings. The molecule has 2 N–H and O–H groups in total. The van der Waals surface area contributed by atoms with E-state index in [4.69, 9.17) is 0 Å². The standard InChI is InChI=1S/C18H23N3O/c1-13-6-4-10-18(2,12-13)17(22)21-20-16-9-3-8-15-14(16)7-5-11-19-15/h3,5,7-9,11,13,20H,4,6,10,12H2,1-2H3,(H,21,22). The molecule has 1 fully saturated rings. The van der Waals surface area contributed by atoms with E-state index in [0.717, 1.165) is 35.9 Å². The molecule has 0 bridgehead atoms. The molecule has 1 aliphatic rings. The van der Waals surface area contributed by atoms with Gasteiger partial charge in [-0.2, -0.15) is 0 Å². The van der Waals surface area contributed by atoms with E-state index in [1.807, 2.05) is 30.3 Å². The van der Waals surface area contributed by atoms with Crippen LogP contribution in [-0.4, -0.2) is 10.9 Å². The number of rotatable bonds is 3. The second-order valence-corrected chi connectivity index (χ2v) is 6.72. The normalized spacial score (nSPS) is 24.9. The third kappa shape index (κ3) is 2.91. The summed E-state index contributed by atoms with van der Waals surface area (Å²) in [6, 6.07) is 9.76. The summed E-state index contributed by atoms with van der Waals surface area (Å²) in [5.41, 5.74) is 7.52. The fraction of sp³-hybridized carbons (Fsp3) is 0.444. The molecule has 1 aromatic heterocycles. The van der Waals surface area contributed by atoms with Crippen molar-refractivity contribution >= 4 is 22.5 Å². The molecule has 1 aliphatic carbocycles. The maximum atomic E-state index is 12.6. The van der Waals surface area contributed by atoms with Crippen molar-refractivity contribution in [3.8, 4) is 0 Å². The van der Waals surface area contributed by atoms with Crippen LogP contribution >= 0.6 is 0 Å². The highest BCUT2D eigenvalue weighted by Gasteiger charge is 2.37. The Balaban J connectivity index is 1.72. The Hall–Kier alpha value is -2.10. The van der Waals surface area contributed by atoms with Crippen LogP contribution in [-0.2, 0) is 4.79 Å². The molecule has 1 heterocycles. The number of nitrogens with zero attached hydrogens (tertiary/aromatic N) is 1. The van der Waals surface area contributed by atoms with Crippen molar-refractivity contribution in [2.24, 2.45) is 11.3 Å². The minimum absolute atomic E-state index is 0.0833. The van der Waals surface area contributed by atoms with Gasteiger partial charge in [0, 0.05) is 17.0 Å². The van der Waals surface area contributed by atoms with Crippen molar-refractivity contribution in [1.82, 2.24) is 10.4 Å². The van der Waals surface area contributed by atoms with Gasteiger partial charge in [0.2, 0.25) is 5.91 Å². The van der Waals surface area contributed by atoms with Gasteiger partial charge in [-0.3, -0.25) is 20.6 Å². The molecule has 0 spiro atoms. The number of hydrogen-bond acceptors (Lipinski definition) is 3. The predicted octanol–water partition coefficient (Wildman–Crippen LogP) is 3.89. The molecule has 1 aromatic carbocycles. The van der Waals surface area contributed by atoms with E-state index in [1.54, 1.807) is 6.20 Å². The third-order valence-electron chi connectivity index (χ3n) is 4.73. The van der Waals surface area contributed by atoms with E-state index in [9.17, 15) is 4.79 Å². The highest BCUT2D eigenvalue weighted by atomic mass is 16.2. The van der Waals surface area contributed by atoms with E-state index in [2.05, 4.69) is 29.7 Å². The summed E-state index contributed by atoms with van der Waals surface area (Å²) in [6.45, 7) is 4.30. The van der Waals surface area contributed by atoms with Crippen LogP contribution in [0.5, 0.6) is 0 Å². The van der Waals surface area contributed by atoms with Crippen LogP contribution in [0.4, 0.5) is 5.69 Å². The van der Waals surface area contributed by atoms with Crippen molar-refractivity contribution in [3.05, 3.63) is 36.5 Å². The minimum atomic E-state index is -0.270. The Labute approximate surface area is 131 Å². The van der Waals surface area contributed by atoms with Gasteiger partial charge in [-0.25, -0.2) is 0 Å². The van der Waals surface area contributed by atoms with E-state index < -0.39 is 0 Å². The first-order chi connectivity index (χ1) is 10.6. The zero-order chi connectivity index (χ0) is 15.6. The zero-order valence-corrected chi connectivity index (χ0v) is 13.2. The number of hydrogen-bond donors (Lipinski definition) is 2. The number of aromatic nitrogens is 1. The van der Waals surface area contributed by atoms with Crippen LogP contribution in [0.15, 0.2) is 36.5 Å². The monoisotopic (exact) mass is 297 g/mol. The first kappa shape index (κ1) is 14.8. The average molecular weight is 297 g/mol. The van der Waals surface area contributed by atoms with E-state index >= 15 is 0 Å². The van der Waals surface area contributed by atoms with Crippen molar-refractivity contribution < 1.29 is 4.79 Å². The molecule has 0 radical (unpaired) electrons. The lowest BCUT2D eigenvalue weighted by molar-refractivity contribution is -0.132. The zero-order valence-electron chi connectivity index (χ0n) is 13.2. The van der Waals surface area contributed by atoms with Crippen LogP contribution < -0.4 is 10.9 Å². The smallest absolute Gasteiger partial charge is 0.244 e. The third-order valence-corrected chi connectivity index (χ3v) is 4.73. The fourth-order valence-corrected chi connectivity index (χ4v) is 3.51. The minimum Gasteiger partial charge on any atom is -0.298 e. The summed E-state index contributed by atoms with van der Waals surface area (Å²) in [5.74, 6) is 0.700. The maximum Gasteiger partial charge on any atom is 0.244 e. The molecule has 0 saturated heterocycles. The largest absolute Gasteiger partial charge is 0.298 e. The van der Waals surface area contributed by atoms with E-state index in [1.165, 1.54) is 6.42 Å². The molecule has 4 heteroatoms. The number of nitrogens with one attached hydrogen (secondary N) is 2. The molecule has 4 nitrogen and oxygen atoms in total. The number of benzene rings is 1. The topological polar surface area (TPSA) is 54.0 Å². The Morgan fingerprint density at radius 3 is 3.00 bits per heavy atom. The van der Waals surface area contributed by atoms with Gasteiger partial charge in [-0.15, -0.1) is 0 Å². The van der Waals surface area contributed by atoms with Crippen LogP contribution in [0.3, 0.4) is 0 Å². The van der Waals surface area contributed by atoms with Gasteiger partial charge in [0.15, 0.2) is 0 Å². The molecule has 1 saturated carbocycles. The van der Waals surface area contributed by atoms with Gasteiger partial charge in [0.25, 0.3) is 0 Å². The summed E-state index contributed by atoms with van der Waals surface area (Å²) >= 11 is 0. The molecular weight excluding hydrogens is 274 g/mol. The second-order valence-electron chi connectivity index (χ2n) is 6.72. The quantitative estimate of drug-likeness (QED) is 0.845.